The van der Waals surface area contributed by atoms with Crippen LogP contribution in [-0.2, 0) is 0 Å². The van der Waals surface area contributed by atoms with Crippen molar-refractivity contribution in [3.05, 3.63) is 36.4 Å². The second-order valence-corrected chi connectivity index (χ2v) is 15.1. The first-order chi connectivity index (χ1) is 9.51. The molecular weight excluding hydrogens is 278 g/mol. The van der Waals surface area contributed by atoms with E-state index in [9.17, 15) is 0 Å². The zero-order valence-electron chi connectivity index (χ0n) is 12.8. The van der Waals surface area contributed by atoms with Gasteiger partial charge in [-0.1, -0.05) is 63.3 Å². The number of fused-ring (bicyclic) bond motifs is 1. The maximum absolute atomic E-state index is 4.78. The lowest BCUT2D eigenvalue weighted by atomic mass is 10.1. The first-order valence-corrected chi connectivity index (χ1v) is 12.3. The molecule has 0 aliphatic heterocycles. The van der Waals surface area contributed by atoms with Crippen LogP contribution in [0.3, 0.4) is 0 Å². The second kappa shape index (κ2) is 6.59. The maximum atomic E-state index is 4.78. The summed E-state index contributed by atoms with van der Waals surface area (Å²) < 4.78 is 0. The minimum Gasteiger partial charge on any atom is -0.259 e. The van der Waals surface area contributed by atoms with Crippen LogP contribution in [0.4, 0.5) is 5.69 Å². The lowest BCUT2D eigenvalue weighted by Gasteiger charge is -2.17. The Hall–Kier alpha value is -1.06. The molecule has 0 aliphatic carbocycles. The number of benzene rings is 2. The average Bonchev–Trinajstić information content (AvgIpc) is 2.39. The van der Waals surface area contributed by atoms with Gasteiger partial charge in [0.05, 0.1) is 5.69 Å². The highest BCUT2D eigenvalue weighted by Crippen LogP contribution is 2.40. The van der Waals surface area contributed by atoms with Crippen molar-refractivity contribution < 1.29 is 0 Å². The normalized spacial score (nSPS) is 12.4. The van der Waals surface area contributed by atoms with Crippen LogP contribution in [0.15, 0.2) is 46.3 Å². The van der Waals surface area contributed by atoms with E-state index in [1.807, 2.05) is 11.2 Å². The molecule has 0 saturated heterocycles. The Morgan fingerprint density at radius 3 is 2.55 bits per heavy atom. The lowest BCUT2D eigenvalue weighted by molar-refractivity contribution is 1.01. The Morgan fingerprint density at radius 2 is 1.85 bits per heavy atom. The van der Waals surface area contributed by atoms with Crippen molar-refractivity contribution >= 4 is 41.1 Å². The topological polar surface area (TPSA) is 12.4 Å². The molecule has 0 heterocycles. The van der Waals surface area contributed by atoms with Gasteiger partial charge in [0.2, 0.25) is 0 Å². The molecule has 2 aromatic carbocycles. The molecule has 0 saturated carbocycles. The van der Waals surface area contributed by atoms with Crippen molar-refractivity contribution in [2.24, 2.45) is 4.99 Å². The van der Waals surface area contributed by atoms with Crippen molar-refractivity contribution in [1.82, 2.24) is 0 Å². The van der Waals surface area contributed by atoms with Crippen LogP contribution in [0, 0.1) is 0 Å². The lowest BCUT2D eigenvalue weighted by Crippen LogP contribution is -2.13. The molecule has 2 aromatic rings. The molecule has 106 valence electrons. The van der Waals surface area contributed by atoms with Crippen LogP contribution < -0.4 is 0 Å². The van der Waals surface area contributed by atoms with Crippen LogP contribution in [-0.4, -0.2) is 13.4 Å². The molecule has 0 fully saturated rings. The zero-order chi connectivity index (χ0) is 14.6. The molecule has 0 atom stereocenters. The van der Waals surface area contributed by atoms with Crippen LogP contribution in [0.25, 0.3) is 10.8 Å². The molecule has 3 heteroatoms. The van der Waals surface area contributed by atoms with Gasteiger partial charge in [-0.2, -0.15) is 0 Å². The van der Waals surface area contributed by atoms with Crippen LogP contribution in [0.1, 0.15) is 19.8 Å². The summed E-state index contributed by atoms with van der Waals surface area (Å²) in [6.45, 7) is 9.33. The number of unbranched alkanes of at least 4 members (excludes halogenated alkanes) is 1. The quantitative estimate of drug-likeness (QED) is 0.468. The van der Waals surface area contributed by atoms with Gasteiger partial charge in [-0.25, -0.2) is 0 Å². The van der Waals surface area contributed by atoms with Crippen molar-refractivity contribution in [3.8, 4) is 0 Å². The highest BCUT2D eigenvalue weighted by atomic mass is 32.4. The molecule has 0 unspecified atom stereocenters. The smallest absolute Gasteiger partial charge is 0.114 e. The molecule has 0 radical (unpaired) electrons. The first-order valence-electron chi connectivity index (χ1n) is 7.24. The fourth-order valence-electron chi connectivity index (χ4n) is 2.07. The third-order valence-electron chi connectivity index (χ3n) is 2.92. The Labute approximate surface area is 127 Å². The summed E-state index contributed by atoms with van der Waals surface area (Å²) in [5.41, 5.74) is 1.16. The summed E-state index contributed by atoms with van der Waals surface area (Å²) in [4.78, 5) is 6.11. The SMILES string of the molecule is CCC/C=N\c1c(S[Si](C)(C)C)ccc2ccccc12. The summed E-state index contributed by atoms with van der Waals surface area (Å²) in [5.74, 6) is 0. The molecule has 1 nitrogen and oxygen atoms in total. The predicted octanol–water partition coefficient (Wildman–Crippen LogP) is 6.27. The van der Waals surface area contributed by atoms with Crippen molar-refractivity contribution in [2.75, 3.05) is 0 Å². The molecule has 0 spiro atoms. The van der Waals surface area contributed by atoms with Gasteiger partial charge in [0.25, 0.3) is 0 Å². The Morgan fingerprint density at radius 1 is 1.10 bits per heavy atom. The highest BCUT2D eigenvalue weighted by molar-refractivity contribution is 8.28. The van der Waals surface area contributed by atoms with Gasteiger partial charge in [0.1, 0.15) is 7.22 Å². The van der Waals surface area contributed by atoms with E-state index >= 15 is 0 Å². The van der Waals surface area contributed by atoms with Gasteiger partial charge in [-0.15, -0.1) is 11.2 Å². The van der Waals surface area contributed by atoms with Crippen LogP contribution >= 0.6 is 11.2 Å². The Bertz CT molecular complexity index is 614. The molecule has 0 amide bonds. The monoisotopic (exact) mass is 301 g/mol. The maximum Gasteiger partial charge on any atom is 0.114 e. The van der Waals surface area contributed by atoms with Gasteiger partial charge < -0.3 is 0 Å². The largest absolute Gasteiger partial charge is 0.259 e. The average molecular weight is 302 g/mol. The van der Waals surface area contributed by atoms with Gasteiger partial charge in [-0.05, 0) is 17.9 Å². The fourth-order valence-corrected chi connectivity index (χ4v) is 5.59. The van der Waals surface area contributed by atoms with Crippen LogP contribution in [0.2, 0.25) is 19.6 Å². The minimum absolute atomic E-state index is 1.04. The molecule has 2 rings (SSSR count). The van der Waals surface area contributed by atoms with E-state index in [0.717, 1.165) is 18.5 Å². The van der Waals surface area contributed by atoms with E-state index in [-0.39, 0.29) is 0 Å². The Kier molecular flexibility index (Phi) is 5.05. The van der Waals surface area contributed by atoms with Crippen molar-refractivity contribution in [2.45, 2.75) is 44.3 Å². The van der Waals surface area contributed by atoms with Crippen LogP contribution in [0.5, 0.6) is 0 Å². The van der Waals surface area contributed by atoms with Gasteiger partial charge in [-0.3, -0.25) is 4.99 Å². The number of aliphatic imine (C=N–C) groups is 1. The predicted molar refractivity (Wildman–Crippen MR) is 96.2 cm³/mol. The summed E-state index contributed by atoms with van der Waals surface area (Å²) in [6.07, 6.45) is 4.25. The molecule has 20 heavy (non-hydrogen) atoms. The van der Waals surface area contributed by atoms with E-state index in [1.165, 1.54) is 15.7 Å². The minimum atomic E-state index is -1.22. The third-order valence-corrected chi connectivity index (χ3v) is 6.58. The number of hydrogen-bond acceptors (Lipinski definition) is 2. The first kappa shape index (κ1) is 15.3. The van der Waals surface area contributed by atoms with E-state index in [2.05, 4.69) is 69.2 Å². The third kappa shape index (κ3) is 3.97. The van der Waals surface area contributed by atoms with Crippen molar-refractivity contribution in [1.29, 1.82) is 0 Å². The molecule has 0 aromatic heterocycles. The van der Waals surface area contributed by atoms with E-state index in [4.69, 9.17) is 4.99 Å². The van der Waals surface area contributed by atoms with Gasteiger partial charge >= 0.3 is 0 Å². The Balaban J connectivity index is 2.52. The second-order valence-electron chi connectivity index (χ2n) is 5.95. The summed E-state index contributed by atoms with van der Waals surface area (Å²) >= 11 is 2.03. The molecular formula is C17H23NSSi. The number of hydrogen-bond donors (Lipinski definition) is 0. The van der Waals surface area contributed by atoms with Gasteiger partial charge in [0, 0.05) is 16.5 Å². The van der Waals surface area contributed by atoms with E-state index in [1.54, 1.807) is 0 Å². The van der Waals surface area contributed by atoms with E-state index < -0.39 is 7.22 Å². The number of rotatable bonds is 5. The molecule has 0 N–H and O–H groups in total. The van der Waals surface area contributed by atoms with Crippen molar-refractivity contribution in [3.63, 3.8) is 0 Å². The summed E-state index contributed by atoms with van der Waals surface area (Å²) in [6, 6.07) is 13.0. The molecule has 0 bridgehead atoms. The van der Waals surface area contributed by atoms with E-state index in [0.29, 0.717) is 0 Å². The zero-order valence-corrected chi connectivity index (χ0v) is 14.6. The van der Waals surface area contributed by atoms with Gasteiger partial charge in [0.15, 0.2) is 0 Å². The molecule has 0 aliphatic rings. The fraction of sp³-hybridized carbons (Fsp3) is 0.353. The summed E-state index contributed by atoms with van der Waals surface area (Å²) in [5, 5.41) is 2.54. The highest BCUT2D eigenvalue weighted by Gasteiger charge is 2.18. The summed E-state index contributed by atoms with van der Waals surface area (Å²) in [7, 11) is -1.22. The number of nitrogens with zero attached hydrogens (tertiary/aromatic N) is 1. The standard InChI is InChI=1S/C17H23NSSi/c1-5-6-13-18-17-15-10-8-7-9-14(15)11-12-16(17)19-20(2,3)4/h7-13H,5-6H2,1-4H3/b18-13-.